The molecule has 2 aromatic carbocycles. The van der Waals surface area contributed by atoms with Crippen molar-refractivity contribution in [3.8, 4) is 5.69 Å². The number of hydrogen-bond acceptors (Lipinski definition) is 5. The highest BCUT2D eigenvalue weighted by Crippen LogP contribution is 2.27. The van der Waals surface area contributed by atoms with Gasteiger partial charge in [0, 0.05) is 0 Å². The van der Waals surface area contributed by atoms with Crippen molar-refractivity contribution >= 4 is 22.2 Å². The fourth-order valence-electron chi connectivity index (χ4n) is 2.69. The van der Waals surface area contributed by atoms with Crippen LogP contribution in [0.25, 0.3) is 27.9 Å². The molecule has 0 aliphatic carbocycles. The Kier molecular flexibility index (Phi) is 3.48. The first-order valence-corrected chi connectivity index (χ1v) is 7.72. The average Bonchev–Trinajstić information content (AvgIpc) is 2.98. The molecule has 0 saturated carbocycles. The summed E-state index contributed by atoms with van der Waals surface area (Å²) in [7, 11) is 0. The largest absolute Gasteiger partial charge is 0.390 e. The topological polar surface area (TPSA) is 84.1 Å². The van der Waals surface area contributed by atoms with Gasteiger partial charge in [-0.25, -0.2) is 14.6 Å². The number of nitrogens with zero attached hydrogens (tertiary/aromatic N) is 4. The molecule has 0 bridgehead atoms. The molecule has 2 aromatic heterocycles. The van der Waals surface area contributed by atoms with Gasteiger partial charge in [0.1, 0.15) is 17.3 Å². The minimum Gasteiger partial charge on any atom is -0.390 e. The molecule has 6 heteroatoms. The maximum absolute atomic E-state index is 10.3. The number of aliphatic hydroxyl groups is 2. The van der Waals surface area contributed by atoms with E-state index in [4.69, 9.17) is 0 Å². The van der Waals surface area contributed by atoms with Gasteiger partial charge in [-0.15, -0.1) is 0 Å². The molecule has 2 heterocycles. The van der Waals surface area contributed by atoms with Gasteiger partial charge in [-0.1, -0.05) is 30.3 Å². The van der Waals surface area contributed by atoms with Crippen molar-refractivity contribution in [2.75, 3.05) is 0 Å². The highest BCUT2D eigenvalue weighted by atomic mass is 16.3. The second-order valence-corrected chi connectivity index (χ2v) is 5.70. The Morgan fingerprint density at radius 3 is 2.17 bits per heavy atom. The minimum atomic E-state index is -1.13. The smallest absolute Gasteiger partial charge is 0.182 e. The Morgan fingerprint density at radius 2 is 1.50 bits per heavy atom. The molecule has 2 N–H and O–H groups in total. The van der Waals surface area contributed by atoms with E-state index in [1.165, 1.54) is 6.92 Å². The second kappa shape index (κ2) is 5.67. The average molecular weight is 320 g/mol. The Labute approximate surface area is 138 Å². The Morgan fingerprint density at radius 1 is 0.875 bits per heavy atom. The molecule has 0 saturated heterocycles. The minimum absolute atomic E-state index is 0.321. The van der Waals surface area contributed by atoms with Crippen LogP contribution in [0, 0.1) is 0 Å². The van der Waals surface area contributed by atoms with Crippen LogP contribution in [-0.4, -0.2) is 36.1 Å². The van der Waals surface area contributed by atoms with Gasteiger partial charge >= 0.3 is 0 Å². The molecule has 2 atom stereocenters. The summed E-state index contributed by atoms with van der Waals surface area (Å²) in [5.74, 6) is 0. The molecule has 0 unspecified atom stereocenters. The van der Waals surface area contributed by atoms with Crippen molar-refractivity contribution in [1.82, 2.24) is 19.7 Å². The van der Waals surface area contributed by atoms with Crippen molar-refractivity contribution in [3.63, 3.8) is 0 Å². The molecule has 6 nitrogen and oxygen atoms in total. The van der Waals surface area contributed by atoms with E-state index in [1.54, 1.807) is 4.68 Å². The van der Waals surface area contributed by atoms with Gasteiger partial charge in [0.2, 0.25) is 0 Å². The Hall–Kier alpha value is -2.83. The van der Waals surface area contributed by atoms with E-state index in [0.717, 1.165) is 16.7 Å². The van der Waals surface area contributed by atoms with E-state index in [2.05, 4.69) is 15.1 Å². The van der Waals surface area contributed by atoms with Crippen LogP contribution >= 0.6 is 0 Å². The first-order valence-electron chi connectivity index (χ1n) is 7.72. The third-order valence-corrected chi connectivity index (χ3v) is 3.94. The van der Waals surface area contributed by atoms with Crippen molar-refractivity contribution in [1.29, 1.82) is 0 Å². The molecule has 0 aliphatic rings. The van der Waals surface area contributed by atoms with E-state index in [0.29, 0.717) is 16.9 Å². The second-order valence-electron chi connectivity index (χ2n) is 5.70. The van der Waals surface area contributed by atoms with Gasteiger partial charge in [0.05, 0.1) is 22.8 Å². The van der Waals surface area contributed by atoms with E-state index >= 15 is 0 Å². The highest BCUT2D eigenvalue weighted by Gasteiger charge is 2.24. The van der Waals surface area contributed by atoms with Crippen LogP contribution in [0.15, 0.2) is 54.6 Å². The Bertz CT molecular complexity index is 1010. The molecular weight excluding hydrogens is 304 g/mol. The fraction of sp³-hybridized carbons (Fsp3) is 0.167. The molecule has 0 aliphatic heterocycles. The normalized spacial score (nSPS) is 14.1. The summed E-state index contributed by atoms with van der Waals surface area (Å²) < 4.78 is 1.65. The lowest BCUT2D eigenvalue weighted by molar-refractivity contribution is 0.0284. The van der Waals surface area contributed by atoms with Crippen molar-refractivity contribution < 1.29 is 10.2 Å². The lowest BCUT2D eigenvalue weighted by Gasteiger charge is -2.10. The molecule has 24 heavy (non-hydrogen) atoms. The zero-order valence-electron chi connectivity index (χ0n) is 13.0. The van der Waals surface area contributed by atoms with E-state index in [9.17, 15) is 10.2 Å². The van der Waals surface area contributed by atoms with Gasteiger partial charge < -0.3 is 10.2 Å². The molecule has 0 spiro atoms. The summed E-state index contributed by atoms with van der Waals surface area (Å²) in [6.45, 7) is 1.52. The van der Waals surface area contributed by atoms with Gasteiger partial charge in [-0.05, 0) is 31.2 Å². The predicted molar refractivity (Wildman–Crippen MR) is 90.8 cm³/mol. The summed E-state index contributed by atoms with van der Waals surface area (Å²) in [6, 6.07) is 17.1. The predicted octanol–water partition coefficient (Wildman–Crippen LogP) is 2.38. The van der Waals surface area contributed by atoms with Crippen LogP contribution in [0.5, 0.6) is 0 Å². The monoisotopic (exact) mass is 320 g/mol. The fourth-order valence-corrected chi connectivity index (χ4v) is 2.69. The van der Waals surface area contributed by atoms with Crippen LogP contribution in [0.3, 0.4) is 0 Å². The summed E-state index contributed by atoms with van der Waals surface area (Å²) in [5, 5.41) is 24.6. The number of aliphatic hydroxyl groups excluding tert-OH is 2. The molecule has 120 valence electrons. The van der Waals surface area contributed by atoms with Crippen LogP contribution in [0.4, 0.5) is 0 Å². The lowest BCUT2D eigenvalue weighted by atomic mass is 10.1. The van der Waals surface area contributed by atoms with E-state index in [1.807, 2.05) is 54.6 Å². The van der Waals surface area contributed by atoms with Crippen molar-refractivity contribution in [3.05, 3.63) is 60.3 Å². The van der Waals surface area contributed by atoms with Crippen LogP contribution in [0.2, 0.25) is 0 Å². The zero-order chi connectivity index (χ0) is 16.7. The number of benzene rings is 2. The van der Waals surface area contributed by atoms with Crippen LogP contribution < -0.4 is 0 Å². The maximum atomic E-state index is 10.3. The number of aromatic nitrogens is 4. The third kappa shape index (κ3) is 2.33. The Balaban J connectivity index is 2.07. The first kappa shape index (κ1) is 14.7. The molecular formula is C18H16N4O2. The number of hydrogen-bond donors (Lipinski definition) is 2. The summed E-state index contributed by atoms with van der Waals surface area (Å²) >= 11 is 0. The number of fused-ring (bicyclic) bond motifs is 2. The van der Waals surface area contributed by atoms with Gasteiger partial charge in [-0.2, -0.15) is 5.10 Å². The molecule has 4 aromatic rings. The lowest BCUT2D eigenvalue weighted by Crippen LogP contribution is -2.15. The van der Waals surface area contributed by atoms with Gasteiger partial charge in [0.15, 0.2) is 5.65 Å². The summed E-state index contributed by atoms with van der Waals surface area (Å²) in [6.07, 6.45) is -2.09. The molecule has 4 rings (SSSR count). The third-order valence-electron chi connectivity index (χ3n) is 3.94. The number of para-hydroxylation sites is 3. The van der Waals surface area contributed by atoms with Gasteiger partial charge in [0.25, 0.3) is 0 Å². The highest BCUT2D eigenvalue weighted by molar-refractivity contribution is 5.86. The molecule has 0 radical (unpaired) electrons. The van der Waals surface area contributed by atoms with E-state index in [-0.39, 0.29) is 0 Å². The molecule has 0 fully saturated rings. The summed E-state index contributed by atoms with van der Waals surface area (Å²) in [4.78, 5) is 9.27. The maximum Gasteiger partial charge on any atom is 0.182 e. The standard InChI is InChI=1S/C18H16N4O2/c1-11(23)17(24)15-16-18(20-14-10-6-5-9-13(14)19-16)22(21-15)12-7-3-2-4-8-12/h2-11,17,23-24H,1H3/t11-,17-/m1/s1. The molecule has 0 amide bonds. The first-order chi connectivity index (χ1) is 11.6. The van der Waals surface area contributed by atoms with E-state index < -0.39 is 12.2 Å². The van der Waals surface area contributed by atoms with Crippen LogP contribution in [-0.2, 0) is 0 Å². The van der Waals surface area contributed by atoms with Crippen LogP contribution in [0.1, 0.15) is 18.7 Å². The quantitative estimate of drug-likeness (QED) is 0.605. The summed E-state index contributed by atoms with van der Waals surface area (Å²) in [5.41, 5.74) is 3.65. The number of rotatable bonds is 3. The zero-order valence-corrected chi connectivity index (χ0v) is 13.0. The SMILES string of the molecule is C[C@@H](O)[C@@H](O)c1nn(-c2ccccc2)c2nc3ccccc3nc12. The van der Waals surface area contributed by atoms with Crippen molar-refractivity contribution in [2.45, 2.75) is 19.1 Å². The van der Waals surface area contributed by atoms with Gasteiger partial charge in [-0.3, -0.25) is 0 Å². The van der Waals surface area contributed by atoms with Crippen molar-refractivity contribution in [2.24, 2.45) is 0 Å².